The molecule has 3 heteroatoms. The number of nitrogens with zero attached hydrogens (tertiary/aromatic N) is 1. The Morgan fingerprint density at radius 3 is 2.79 bits per heavy atom. The molecule has 104 valence electrons. The van der Waals surface area contributed by atoms with Gasteiger partial charge in [0.15, 0.2) is 0 Å². The second-order valence-corrected chi connectivity index (χ2v) is 5.73. The van der Waals surface area contributed by atoms with Crippen molar-refractivity contribution < 1.29 is 4.79 Å². The van der Waals surface area contributed by atoms with Gasteiger partial charge in [0.25, 0.3) is 0 Å². The number of benzene rings is 1. The molecule has 2 rings (SSSR count). The predicted octanol–water partition coefficient (Wildman–Crippen LogP) is 1.91. The van der Waals surface area contributed by atoms with Crippen LogP contribution in [0.5, 0.6) is 0 Å². The summed E-state index contributed by atoms with van der Waals surface area (Å²) in [7, 11) is 1.92. The first-order chi connectivity index (χ1) is 9.06. The summed E-state index contributed by atoms with van der Waals surface area (Å²) in [6.45, 7) is 7.19. The summed E-state index contributed by atoms with van der Waals surface area (Å²) < 4.78 is 0. The lowest BCUT2D eigenvalue weighted by Crippen LogP contribution is -2.33. The van der Waals surface area contributed by atoms with Crippen LogP contribution in [0.2, 0.25) is 0 Å². The van der Waals surface area contributed by atoms with Gasteiger partial charge in [0.05, 0.1) is 6.42 Å². The fraction of sp³-hybridized carbons (Fsp3) is 0.562. The van der Waals surface area contributed by atoms with Crippen LogP contribution in [-0.4, -0.2) is 37.5 Å². The number of carbonyl (C=O) groups excluding carboxylic acids is 1. The zero-order valence-corrected chi connectivity index (χ0v) is 12.2. The van der Waals surface area contributed by atoms with Crippen LogP contribution in [0.1, 0.15) is 23.1 Å². The highest BCUT2D eigenvalue weighted by molar-refractivity contribution is 5.78. The van der Waals surface area contributed by atoms with E-state index in [0.717, 1.165) is 25.2 Å². The van der Waals surface area contributed by atoms with Gasteiger partial charge in [0, 0.05) is 13.6 Å². The second kappa shape index (κ2) is 6.20. The summed E-state index contributed by atoms with van der Waals surface area (Å²) in [5, 5.41) is 3.34. The molecule has 1 atom stereocenters. The van der Waals surface area contributed by atoms with E-state index in [9.17, 15) is 4.79 Å². The zero-order chi connectivity index (χ0) is 13.8. The lowest BCUT2D eigenvalue weighted by Gasteiger charge is -2.21. The first-order valence-electron chi connectivity index (χ1n) is 7.07. The summed E-state index contributed by atoms with van der Waals surface area (Å²) in [6.07, 6.45) is 1.69. The molecule has 0 aromatic heterocycles. The molecule has 1 N–H and O–H groups in total. The molecule has 0 spiro atoms. The predicted molar refractivity (Wildman–Crippen MR) is 78.2 cm³/mol. The van der Waals surface area contributed by atoms with Crippen molar-refractivity contribution in [3.05, 3.63) is 34.9 Å². The smallest absolute Gasteiger partial charge is 0.226 e. The van der Waals surface area contributed by atoms with Crippen molar-refractivity contribution in [3.63, 3.8) is 0 Å². The van der Waals surface area contributed by atoms with Gasteiger partial charge in [-0.15, -0.1) is 0 Å². The van der Waals surface area contributed by atoms with Crippen molar-refractivity contribution in [1.29, 1.82) is 0 Å². The summed E-state index contributed by atoms with van der Waals surface area (Å²) in [5.41, 5.74) is 3.65. The molecule has 1 aromatic rings. The van der Waals surface area contributed by atoms with Gasteiger partial charge in [-0.2, -0.15) is 0 Å². The third kappa shape index (κ3) is 3.80. The van der Waals surface area contributed by atoms with E-state index in [2.05, 4.69) is 37.4 Å². The van der Waals surface area contributed by atoms with Gasteiger partial charge in [-0.05, 0) is 56.0 Å². The molecule has 1 amide bonds. The average molecular weight is 260 g/mol. The summed E-state index contributed by atoms with van der Waals surface area (Å²) in [5.74, 6) is 0.837. The van der Waals surface area contributed by atoms with Gasteiger partial charge in [-0.25, -0.2) is 0 Å². The Morgan fingerprint density at radius 2 is 2.16 bits per heavy atom. The second-order valence-electron chi connectivity index (χ2n) is 5.73. The van der Waals surface area contributed by atoms with Crippen LogP contribution in [0.3, 0.4) is 0 Å². The van der Waals surface area contributed by atoms with E-state index in [1.807, 2.05) is 11.9 Å². The minimum atomic E-state index is 0.218. The molecule has 0 radical (unpaired) electrons. The maximum absolute atomic E-state index is 12.2. The van der Waals surface area contributed by atoms with Crippen LogP contribution < -0.4 is 5.32 Å². The standard InChI is InChI=1S/C16H24N2O/c1-12-4-5-14(8-13(12)2)9-16(19)18(3)11-15-6-7-17-10-15/h4-5,8,15,17H,6-7,9-11H2,1-3H3. The molecule has 19 heavy (non-hydrogen) atoms. The third-order valence-corrected chi connectivity index (χ3v) is 4.05. The molecule has 1 aromatic carbocycles. The van der Waals surface area contributed by atoms with E-state index in [0.29, 0.717) is 12.3 Å². The molecule has 0 aliphatic carbocycles. The number of hydrogen-bond donors (Lipinski definition) is 1. The van der Waals surface area contributed by atoms with Crippen LogP contribution in [0.4, 0.5) is 0 Å². The normalized spacial score (nSPS) is 18.6. The summed E-state index contributed by atoms with van der Waals surface area (Å²) in [4.78, 5) is 14.1. The van der Waals surface area contributed by atoms with Crippen molar-refractivity contribution in [3.8, 4) is 0 Å². The molecule has 0 saturated carbocycles. The van der Waals surface area contributed by atoms with Gasteiger partial charge < -0.3 is 10.2 Å². The zero-order valence-electron chi connectivity index (χ0n) is 12.2. The average Bonchev–Trinajstić information content (AvgIpc) is 2.86. The monoisotopic (exact) mass is 260 g/mol. The molecule has 1 aliphatic rings. The molecule has 1 unspecified atom stereocenters. The van der Waals surface area contributed by atoms with Crippen LogP contribution >= 0.6 is 0 Å². The molecule has 1 aliphatic heterocycles. The van der Waals surface area contributed by atoms with Crippen LogP contribution in [-0.2, 0) is 11.2 Å². The molecule has 1 heterocycles. The topological polar surface area (TPSA) is 32.3 Å². The van der Waals surface area contributed by atoms with Gasteiger partial charge in [0.2, 0.25) is 5.91 Å². The van der Waals surface area contributed by atoms with Crippen molar-refractivity contribution in [1.82, 2.24) is 10.2 Å². The Kier molecular flexibility index (Phi) is 4.59. The van der Waals surface area contributed by atoms with Gasteiger partial charge in [-0.3, -0.25) is 4.79 Å². The van der Waals surface area contributed by atoms with E-state index in [-0.39, 0.29) is 5.91 Å². The molecule has 3 nitrogen and oxygen atoms in total. The van der Waals surface area contributed by atoms with E-state index in [1.54, 1.807) is 0 Å². The highest BCUT2D eigenvalue weighted by atomic mass is 16.2. The van der Waals surface area contributed by atoms with Crippen LogP contribution in [0.25, 0.3) is 0 Å². The Bertz CT molecular complexity index is 450. The number of nitrogens with one attached hydrogen (secondary N) is 1. The number of carbonyl (C=O) groups is 1. The first kappa shape index (κ1) is 14.1. The third-order valence-electron chi connectivity index (χ3n) is 4.05. The molecule has 1 fully saturated rings. The Labute approximate surface area is 116 Å². The van der Waals surface area contributed by atoms with E-state index in [1.165, 1.54) is 17.5 Å². The molecule has 1 saturated heterocycles. The molecular weight excluding hydrogens is 236 g/mol. The maximum atomic E-state index is 12.2. The van der Waals surface area contributed by atoms with Crippen molar-refractivity contribution in [2.45, 2.75) is 26.7 Å². The Hall–Kier alpha value is -1.35. The fourth-order valence-corrected chi connectivity index (χ4v) is 2.58. The Balaban J connectivity index is 1.90. The van der Waals surface area contributed by atoms with E-state index in [4.69, 9.17) is 0 Å². The quantitative estimate of drug-likeness (QED) is 0.897. The summed E-state index contributed by atoms with van der Waals surface area (Å²) >= 11 is 0. The lowest BCUT2D eigenvalue weighted by molar-refractivity contribution is -0.129. The van der Waals surface area contributed by atoms with E-state index < -0.39 is 0 Å². The highest BCUT2D eigenvalue weighted by Gasteiger charge is 2.19. The largest absolute Gasteiger partial charge is 0.345 e. The number of aryl methyl sites for hydroxylation is 2. The van der Waals surface area contributed by atoms with Gasteiger partial charge in [-0.1, -0.05) is 18.2 Å². The number of rotatable bonds is 4. The highest BCUT2D eigenvalue weighted by Crippen LogP contribution is 2.13. The van der Waals surface area contributed by atoms with Crippen molar-refractivity contribution in [2.24, 2.45) is 5.92 Å². The first-order valence-corrected chi connectivity index (χ1v) is 7.07. The maximum Gasteiger partial charge on any atom is 0.226 e. The molecule has 0 bridgehead atoms. The Morgan fingerprint density at radius 1 is 1.37 bits per heavy atom. The number of hydrogen-bond acceptors (Lipinski definition) is 2. The summed E-state index contributed by atoms with van der Waals surface area (Å²) in [6, 6.07) is 6.28. The van der Waals surface area contributed by atoms with Crippen LogP contribution in [0, 0.1) is 19.8 Å². The van der Waals surface area contributed by atoms with Crippen molar-refractivity contribution >= 4 is 5.91 Å². The van der Waals surface area contributed by atoms with Crippen molar-refractivity contribution in [2.75, 3.05) is 26.7 Å². The number of likely N-dealkylation sites (N-methyl/N-ethyl adjacent to an activating group) is 1. The van der Waals surface area contributed by atoms with Gasteiger partial charge in [0.1, 0.15) is 0 Å². The fourth-order valence-electron chi connectivity index (χ4n) is 2.58. The number of amides is 1. The van der Waals surface area contributed by atoms with Gasteiger partial charge >= 0.3 is 0 Å². The minimum Gasteiger partial charge on any atom is -0.345 e. The molecular formula is C16H24N2O. The van der Waals surface area contributed by atoms with Crippen LogP contribution in [0.15, 0.2) is 18.2 Å². The van der Waals surface area contributed by atoms with E-state index >= 15 is 0 Å². The lowest BCUT2D eigenvalue weighted by atomic mass is 10.0. The minimum absolute atomic E-state index is 0.218. The SMILES string of the molecule is Cc1ccc(CC(=O)N(C)CC2CCNC2)cc1C.